The monoisotopic (exact) mass is 277 g/mol. The highest BCUT2D eigenvalue weighted by molar-refractivity contribution is 6.06. The van der Waals surface area contributed by atoms with Crippen LogP contribution in [0, 0.1) is 25.2 Å². The highest BCUT2D eigenvalue weighted by atomic mass is 16.4. The Morgan fingerprint density at radius 3 is 2.15 bits per heavy atom. The van der Waals surface area contributed by atoms with Crippen molar-refractivity contribution in [3.8, 4) is 0 Å². The number of benzene rings is 1. The number of aryl methyl sites for hydroxylation is 2. The third-order valence-electron chi connectivity index (χ3n) is 3.40. The van der Waals surface area contributed by atoms with Gasteiger partial charge < -0.3 is 10.0 Å². The van der Waals surface area contributed by atoms with Gasteiger partial charge in [-0.3, -0.25) is 9.59 Å². The smallest absolute Gasteiger partial charge is 0.316 e. The number of carboxylic acid groups (broad SMARTS) is 1. The van der Waals surface area contributed by atoms with Gasteiger partial charge in [0.1, 0.15) is 5.92 Å². The van der Waals surface area contributed by atoms with Crippen LogP contribution in [0.5, 0.6) is 0 Å². The molecule has 1 unspecified atom stereocenters. The summed E-state index contributed by atoms with van der Waals surface area (Å²) in [5.74, 6) is -2.54. The zero-order chi connectivity index (χ0) is 15.7. The fourth-order valence-corrected chi connectivity index (χ4v) is 2.34. The highest BCUT2D eigenvalue weighted by Gasteiger charge is 2.39. The van der Waals surface area contributed by atoms with Crippen LogP contribution < -0.4 is 4.90 Å². The lowest BCUT2D eigenvalue weighted by atomic mass is 9.80. The van der Waals surface area contributed by atoms with E-state index in [4.69, 9.17) is 0 Å². The molecule has 1 rings (SSSR count). The molecule has 4 heteroatoms. The first-order valence-corrected chi connectivity index (χ1v) is 6.63. The van der Waals surface area contributed by atoms with E-state index in [0.717, 1.165) is 16.8 Å². The molecule has 1 N–H and O–H groups in total. The minimum atomic E-state index is -1.08. The van der Waals surface area contributed by atoms with Crippen molar-refractivity contribution < 1.29 is 14.7 Å². The largest absolute Gasteiger partial charge is 0.481 e. The molecule has 0 aliphatic heterocycles. The predicted octanol–water partition coefficient (Wildman–Crippen LogP) is 3.01. The van der Waals surface area contributed by atoms with Crippen molar-refractivity contribution in [3.63, 3.8) is 0 Å². The lowest BCUT2D eigenvalue weighted by molar-refractivity contribution is -0.150. The summed E-state index contributed by atoms with van der Waals surface area (Å²) in [5.41, 5.74) is 2.18. The van der Waals surface area contributed by atoms with Gasteiger partial charge in [-0.15, -0.1) is 0 Å². The average molecular weight is 277 g/mol. The maximum atomic E-state index is 12.5. The van der Waals surface area contributed by atoms with Gasteiger partial charge in [-0.25, -0.2) is 0 Å². The van der Waals surface area contributed by atoms with Crippen molar-refractivity contribution in [1.82, 2.24) is 0 Å². The van der Waals surface area contributed by atoms with Gasteiger partial charge in [-0.1, -0.05) is 38.5 Å². The lowest BCUT2D eigenvalue weighted by Crippen LogP contribution is -2.44. The number of amides is 1. The third-order valence-corrected chi connectivity index (χ3v) is 3.40. The van der Waals surface area contributed by atoms with Crippen molar-refractivity contribution in [2.75, 3.05) is 11.9 Å². The predicted molar refractivity (Wildman–Crippen MR) is 79.9 cm³/mol. The van der Waals surface area contributed by atoms with Crippen LogP contribution in [0.4, 0.5) is 5.69 Å². The number of hydrogen-bond acceptors (Lipinski definition) is 2. The Kier molecular flexibility index (Phi) is 4.58. The highest BCUT2D eigenvalue weighted by Crippen LogP contribution is 2.30. The average Bonchev–Trinajstić information content (AvgIpc) is 2.25. The number of carboxylic acids is 1. The molecule has 0 saturated heterocycles. The van der Waals surface area contributed by atoms with E-state index in [1.807, 2.05) is 32.0 Å². The summed E-state index contributed by atoms with van der Waals surface area (Å²) in [5, 5.41) is 9.34. The van der Waals surface area contributed by atoms with E-state index in [1.165, 1.54) is 4.90 Å². The third kappa shape index (κ3) is 3.38. The second-order valence-corrected chi connectivity index (χ2v) is 6.32. The van der Waals surface area contributed by atoms with Crippen LogP contribution in [0.2, 0.25) is 0 Å². The van der Waals surface area contributed by atoms with Gasteiger partial charge >= 0.3 is 5.97 Å². The second-order valence-electron chi connectivity index (χ2n) is 6.32. The zero-order valence-electron chi connectivity index (χ0n) is 13.0. The van der Waals surface area contributed by atoms with Gasteiger partial charge in [0.05, 0.1) is 0 Å². The van der Waals surface area contributed by atoms with Gasteiger partial charge in [0.15, 0.2) is 0 Å². The quantitative estimate of drug-likeness (QED) is 0.864. The molecule has 0 aliphatic rings. The molecule has 0 aromatic heterocycles. The summed E-state index contributed by atoms with van der Waals surface area (Å²) >= 11 is 0. The van der Waals surface area contributed by atoms with Crippen molar-refractivity contribution in [1.29, 1.82) is 0 Å². The van der Waals surface area contributed by atoms with E-state index >= 15 is 0 Å². The van der Waals surface area contributed by atoms with Gasteiger partial charge in [0, 0.05) is 12.7 Å². The Balaban J connectivity index is 3.15. The summed E-state index contributed by atoms with van der Waals surface area (Å²) in [6.45, 7) is 9.19. The van der Waals surface area contributed by atoms with Crippen molar-refractivity contribution in [2.45, 2.75) is 34.6 Å². The number of nitrogens with zero attached hydrogens (tertiary/aromatic N) is 1. The number of carbonyl (C=O) groups is 2. The summed E-state index contributed by atoms with van der Waals surface area (Å²) < 4.78 is 0. The Morgan fingerprint density at radius 2 is 1.75 bits per heavy atom. The molecule has 0 fully saturated rings. The number of rotatable bonds is 3. The summed E-state index contributed by atoms with van der Waals surface area (Å²) in [6, 6.07) is 5.75. The molecule has 1 amide bonds. The molecule has 0 heterocycles. The van der Waals surface area contributed by atoms with E-state index < -0.39 is 23.2 Å². The second kappa shape index (κ2) is 5.65. The Bertz CT molecular complexity index is 529. The maximum absolute atomic E-state index is 12.5. The van der Waals surface area contributed by atoms with E-state index in [2.05, 4.69) is 0 Å². The number of carbonyl (C=O) groups excluding carboxylic acids is 1. The van der Waals surface area contributed by atoms with Crippen LogP contribution in [0.15, 0.2) is 18.2 Å². The Morgan fingerprint density at radius 1 is 1.20 bits per heavy atom. The number of aliphatic carboxylic acids is 1. The fraction of sp³-hybridized carbons (Fsp3) is 0.500. The summed E-state index contributed by atoms with van der Waals surface area (Å²) in [6.07, 6.45) is 0. The van der Waals surface area contributed by atoms with Crippen molar-refractivity contribution in [2.24, 2.45) is 11.3 Å². The topological polar surface area (TPSA) is 57.6 Å². The van der Waals surface area contributed by atoms with Crippen LogP contribution in [0.1, 0.15) is 31.9 Å². The molecule has 110 valence electrons. The first-order chi connectivity index (χ1) is 9.05. The minimum absolute atomic E-state index is 0.392. The van der Waals surface area contributed by atoms with Crippen molar-refractivity contribution in [3.05, 3.63) is 29.3 Å². The first-order valence-electron chi connectivity index (χ1n) is 6.63. The molecule has 1 atom stereocenters. The molecule has 1 aromatic carbocycles. The Labute approximate surface area is 120 Å². The molecule has 0 spiro atoms. The van der Waals surface area contributed by atoms with Crippen LogP contribution in [-0.4, -0.2) is 24.0 Å². The van der Waals surface area contributed by atoms with Gasteiger partial charge in [-0.2, -0.15) is 0 Å². The number of hydrogen-bond donors (Lipinski definition) is 1. The first kappa shape index (κ1) is 16.2. The van der Waals surface area contributed by atoms with Crippen molar-refractivity contribution >= 4 is 17.6 Å². The summed E-state index contributed by atoms with van der Waals surface area (Å²) in [4.78, 5) is 25.4. The van der Waals surface area contributed by atoms with E-state index in [0.29, 0.717) is 0 Å². The normalized spacial score (nSPS) is 12.9. The van der Waals surface area contributed by atoms with Gasteiger partial charge in [0.2, 0.25) is 5.91 Å². The van der Waals surface area contributed by atoms with Crippen LogP contribution in [0.3, 0.4) is 0 Å². The minimum Gasteiger partial charge on any atom is -0.481 e. The molecule has 4 nitrogen and oxygen atoms in total. The zero-order valence-corrected chi connectivity index (χ0v) is 13.0. The SMILES string of the molecule is Cc1ccc(N(C)C(=O)C(C(=O)O)C(C)(C)C)c(C)c1. The van der Waals surface area contributed by atoms with Crippen LogP contribution in [-0.2, 0) is 9.59 Å². The van der Waals surface area contributed by atoms with Crippen LogP contribution >= 0.6 is 0 Å². The molecule has 1 aromatic rings. The van der Waals surface area contributed by atoms with Gasteiger partial charge in [-0.05, 0) is 30.9 Å². The maximum Gasteiger partial charge on any atom is 0.316 e. The standard InChI is InChI=1S/C16H23NO3/c1-10-7-8-12(11(2)9-10)17(6)14(18)13(15(19)20)16(3,4)5/h7-9,13H,1-6H3,(H,19,20). The van der Waals surface area contributed by atoms with E-state index in [-0.39, 0.29) is 0 Å². The molecule has 0 radical (unpaired) electrons. The summed E-state index contributed by atoms with van der Waals surface area (Å²) in [7, 11) is 1.63. The van der Waals surface area contributed by atoms with Gasteiger partial charge in [0.25, 0.3) is 0 Å². The van der Waals surface area contributed by atoms with Crippen LogP contribution in [0.25, 0.3) is 0 Å². The van der Waals surface area contributed by atoms with E-state index in [9.17, 15) is 14.7 Å². The molecule has 0 aliphatic carbocycles. The molecule has 0 saturated carbocycles. The number of anilines is 1. The molecule has 0 bridgehead atoms. The Hall–Kier alpha value is -1.84. The molecular formula is C16H23NO3. The molecule has 20 heavy (non-hydrogen) atoms. The lowest BCUT2D eigenvalue weighted by Gasteiger charge is -2.30. The molecular weight excluding hydrogens is 254 g/mol. The fourth-order valence-electron chi connectivity index (χ4n) is 2.34. The van der Waals surface area contributed by atoms with E-state index in [1.54, 1.807) is 27.8 Å².